The highest BCUT2D eigenvalue weighted by molar-refractivity contribution is 9.10. The summed E-state index contributed by atoms with van der Waals surface area (Å²) >= 11 is 3.30. The highest BCUT2D eigenvalue weighted by Gasteiger charge is 2.56. The highest BCUT2D eigenvalue weighted by atomic mass is 79.9. The highest BCUT2D eigenvalue weighted by Crippen LogP contribution is 2.48. The number of amides is 2. The van der Waals surface area contributed by atoms with Crippen LogP contribution in [0.1, 0.15) is 23.7 Å². The molecule has 17 heavy (non-hydrogen) atoms. The largest absolute Gasteiger partial charge is 0.427 e. The van der Waals surface area contributed by atoms with E-state index < -0.39 is 23.7 Å². The Morgan fingerprint density at radius 3 is 2.88 bits per heavy atom. The lowest BCUT2D eigenvalue weighted by atomic mass is 9.95. The third-order valence-corrected chi connectivity index (χ3v) is 3.63. The molecule has 1 aliphatic heterocycles. The molecule has 1 aromatic rings. The SMILES string of the molecule is O=C1NC(=O)[C@]2(CC(O)c3cc(Br)ccc32)O1. The van der Waals surface area contributed by atoms with Crippen molar-refractivity contribution in [2.75, 3.05) is 0 Å². The van der Waals surface area contributed by atoms with E-state index in [0.717, 1.165) is 4.47 Å². The Bertz CT molecular complexity index is 544. The molecule has 1 aliphatic carbocycles. The Hall–Kier alpha value is -1.40. The first-order valence-corrected chi connectivity index (χ1v) is 5.85. The maximum Gasteiger partial charge on any atom is 0.415 e. The smallest absolute Gasteiger partial charge is 0.415 e. The van der Waals surface area contributed by atoms with Crippen molar-refractivity contribution in [1.29, 1.82) is 0 Å². The van der Waals surface area contributed by atoms with E-state index in [1.54, 1.807) is 18.2 Å². The number of hydrogen-bond donors (Lipinski definition) is 2. The van der Waals surface area contributed by atoms with E-state index in [9.17, 15) is 14.7 Å². The molecule has 1 aromatic carbocycles. The molecule has 2 amide bonds. The Labute approximate surface area is 105 Å². The van der Waals surface area contributed by atoms with E-state index in [1.165, 1.54) is 0 Å². The molecule has 0 saturated carbocycles. The minimum absolute atomic E-state index is 0.0658. The lowest BCUT2D eigenvalue weighted by Crippen LogP contribution is -2.34. The van der Waals surface area contributed by atoms with Gasteiger partial charge in [0.2, 0.25) is 5.60 Å². The van der Waals surface area contributed by atoms with Gasteiger partial charge in [-0.15, -0.1) is 0 Å². The number of imide groups is 1. The third kappa shape index (κ3) is 1.34. The number of carbonyl (C=O) groups excluding carboxylic acids is 2. The van der Waals surface area contributed by atoms with Crippen molar-refractivity contribution in [2.45, 2.75) is 18.1 Å². The minimum atomic E-state index is -1.35. The van der Waals surface area contributed by atoms with Crippen LogP contribution in [-0.2, 0) is 15.1 Å². The number of rotatable bonds is 0. The predicted octanol–water partition coefficient (Wildman–Crippen LogP) is 1.35. The van der Waals surface area contributed by atoms with Gasteiger partial charge in [0.15, 0.2) is 0 Å². The number of aliphatic hydroxyl groups is 1. The number of fused-ring (bicyclic) bond motifs is 2. The first-order chi connectivity index (χ1) is 8.03. The Kier molecular flexibility index (Phi) is 2.08. The number of carbonyl (C=O) groups is 2. The molecule has 1 spiro atoms. The number of aliphatic hydroxyl groups excluding tert-OH is 1. The van der Waals surface area contributed by atoms with Gasteiger partial charge in [0, 0.05) is 16.5 Å². The summed E-state index contributed by atoms with van der Waals surface area (Å²) < 4.78 is 5.89. The van der Waals surface area contributed by atoms with Crippen molar-refractivity contribution in [3.8, 4) is 0 Å². The summed E-state index contributed by atoms with van der Waals surface area (Å²) in [5, 5.41) is 12.0. The molecule has 2 N–H and O–H groups in total. The summed E-state index contributed by atoms with van der Waals surface area (Å²) in [6.07, 6.45) is -1.51. The summed E-state index contributed by atoms with van der Waals surface area (Å²) in [6.45, 7) is 0. The van der Waals surface area contributed by atoms with Crippen LogP contribution in [0.5, 0.6) is 0 Å². The molecule has 1 unspecified atom stereocenters. The Morgan fingerprint density at radius 2 is 2.24 bits per heavy atom. The van der Waals surface area contributed by atoms with E-state index in [-0.39, 0.29) is 6.42 Å². The zero-order valence-electron chi connectivity index (χ0n) is 8.57. The van der Waals surface area contributed by atoms with Crippen LogP contribution in [0.2, 0.25) is 0 Å². The van der Waals surface area contributed by atoms with Crippen LogP contribution >= 0.6 is 15.9 Å². The number of benzene rings is 1. The summed E-state index contributed by atoms with van der Waals surface area (Å²) in [4.78, 5) is 23.0. The molecular formula is C11H8BrNO4. The minimum Gasteiger partial charge on any atom is -0.427 e. The van der Waals surface area contributed by atoms with Crippen LogP contribution in [0.4, 0.5) is 4.79 Å². The van der Waals surface area contributed by atoms with Crippen molar-refractivity contribution >= 4 is 27.9 Å². The van der Waals surface area contributed by atoms with Crippen molar-refractivity contribution < 1.29 is 19.4 Å². The third-order valence-electron chi connectivity index (χ3n) is 3.14. The fraction of sp³-hybridized carbons (Fsp3) is 0.273. The second kappa shape index (κ2) is 3.30. The zero-order chi connectivity index (χ0) is 12.2. The van der Waals surface area contributed by atoms with Crippen LogP contribution in [0.15, 0.2) is 22.7 Å². The first-order valence-electron chi connectivity index (χ1n) is 5.05. The molecule has 88 valence electrons. The second-order valence-electron chi connectivity index (χ2n) is 4.12. The van der Waals surface area contributed by atoms with E-state index in [0.29, 0.717) is 11.1 Å². The zero-order valence-corrected chi connectivity index (χ0v) is 10.2. The molecule has 6 heteroatoms. The molecule has 3 rings (SSSR count). The lowest BCUT2D eigenvalue weighted by molar-refractivity contribution is -0.133. The van der Waals surface area contributed by atoms with Gasteiger partial charge in [0.25, 0.3) is 5.91 Å². The van der Waals surface area contributed by atoms with Gasteiger partial charge in [0.05, 0.1) is 6.10 Å². The number of hydrogen-bond acceptors (Lipinski definition) is 4. The van der Waals surface area contributed by atoms with Crippen molar-refractivity contribution in [1.82, 2.24) is 5.32 Å². The Balaban J connectivity index is 2.19. The topological polar surface area (TPSA) is 75.6 Å². The number of nitrogens with one attached hydrogen (secondary N) is 1. The quantitative estimate of drug-likeness (QED) is 0.758. The monoisotopic (exact) mass is 297 g/mol. The fourth-order valence-corrected chi connectivity index (χ4v) is 2.78. The number of alkyl carbamates (subject to hydrolysis) is 1. The van der Waals surface area contributed by atoms with Gasteiger partial charge in [-0.2, -0.15) is 0 Å². The standard InChI is InChI=1S/C11H8BrNO4/c12-5-1-2-7-6(3-5)8(14)4-11(7)9(15)13-10(16)17-11/h1-3,8,14H,4H2,(H,13,15,16)/t8?,11-/m1/s1. The van der Waals surface area contributed by atoms with Gasteiger partial charge >= 0.3 is 6.09 Å². The summed E-state index contributed by atoms with van der Waals surface area (Å²) in [6, 6.07) is 5.17. The van der Waals surface area contributed by atoms with E-state index in [2.05, 4.69) is 21.2 Å². The molecule has 1 saturated heterocycles. The van der Waals surface area contributed by atoms with Gasteiger partial charge in [-0.25, -0.2) is 4.79 Å². The molecule has 0 aromatic heterocycles. The van der Waals surface area contributed by atoms with Gasteiger partial charge in [-0.3, -0.25) is 10.1 Å². The van der Waals surface area contributed by atoms with Gasteiger partial charge in [0.1, 0.15) is 0 Å². The van der Waals surface area contributed by atoms with Gasteiger partial charge in [-0.05, 0) is 17.7 Å². The lowest BCUT2D eigenvalue weighted by Gasteiger charge is -2.19. The van der Waals surface area contributed by atoms with Crippen LogP contribution in [0.3, 0.4) is 0 Å². The number of ether oxygens (including phenoxy) is 1. The molecule has 2 atom stereocenters. The van der Waals surface area contributed by atoms with Crippen LogP contribution in [-0.4, -0.2) is 17.1 Å². The van der Waals surface area contributed by atoms with E-state index in [4.69, 9.17) is 4.74 Å². The van der Waals surface area contributed by atoms with Crippen LogP contribution < -0.4 is 5.32 Å². The maximum absolute atomic E-state index is 11.8. The van der Waals surface area contributed by atoms with E-state index >= 15 is 0 Å². The molecule has 5 nitrogen and oxygen atoms in total. The maximum atomic E-state index is 11.8. The predicted molar refractivity (Wildman–Crippen MR) is 60.0 cm³/mol. The van der Waals surface area contributed by atoms with Crippen LogP contribution in [0.25, 0.3) is 0 Å². The summed E-state index contributed by atoms with van der Waals surface area (Å²) in [5.41, 5.74) is -0.187. The van der Waals surface area contributed by atoms with Crippen molar-refractivity contribution in [2.24, 2.45) is 0 Å². The normalized spacial score (nSPS) is 30.4. The van der Waals surface area contributed by atoms with Crippen molar-refractivity contribution in [3.05, 3.63) is 33.8 Å². The second-order valence-corrected chi connectivity index (χ2v) is 5.04. The van der Waals surface area contributed by atoms with E-state index in [1.807, 2.05) is 0 Å². The van der Waals surface area contributed by atoms with Crippen LogP contribution in [0, 0.1) is 0 Å². The molecule has 1 heterocycles. The molecule has 0 radical (unpaired) electrons. The molecular weight excluding hydrogens is 290 g/mol. The van der Waals surface area contributed by atoms with Gasteiger partial charge in [-0.1, -0.05) is 22.0 Å². The molecule has 1 fully saturated rings. The average Bonchev–Trinajstić information content (AvgIpc) is 2.67. The van der Waals surface area contributed by atoms with Gasteiger partial charge < -0.3 is 9.84 Å². The number of halogens is 1. The molecule has 0 bridgehead atoms. The summed E-state index contributed by atoms with van der Waals surface area (Å²) in [5.74, 6) is -0.511. The van der Waals surface area contributed by atoms with Crippen molar-refractivity contribution in [3.63, 3.8) is 0 Å². The summed E-state index contributed by atoms with van der Waals surface area (Å²) in [7, 11) is 0. The average molecular weight is 298 g/mol. The fourth-order valence-electron chi connectivity index (χ4n) is 2.40. The first kappa shape index (κ1) is 10.7. The Morgan fingerprint density at radius 1 is 1.47 bits per heavy atom. The molecule has 2 aliphatic rings.